The molecule has 0 bridgehead atoms. The molecule has 0 aliphatic heterocycles. The molecule has 0 fully saturated rings. The van der Waals surface area contributed by atoms with Crippen LogP contribution in [0.2, 0.25) is 10.0 Å². The predicted octanol–water partition coefficient (Wildman–Crippen LogP) is 5.68. The quantitative estimate of drug-likeness (QED) is 0.514. The highest BCUT2D eigenvalue weighted by atomic mass is 79.9. The van der Waals surface area contributed by atoms with E-state index in [-0.39, 0.29) is 0 Å². The van der Waals surface area contributed by atoms with E-state index in [1.807, 2.05) is 6.07 Å². The molecule has 0 amide bonds. The first-order chi connectivity index (χ1) is 8.61. The Morgan fingerprint density at radius 3 is 2.72 bits per heavy atom. The van der Waals surface area contributed by atoms with Crippen molar-refractivity contribution < 1.29 is 4.74 Å². The number of benzene rings is 1. The first kappa shape index (κ1) is 13.9. The maximum Gasteiger partial charge on any atom is 0.223 e. The van der Waals surface area contributed by atoms with Crippen molar-refractivity contribution in [1.82, 2.24) is 4.98 Å². The van der Waals surface area contributed by atoms with Gasteiger partial charge in [-0.25, -0.2) is 4.98 Å². The van der Waals surface area contributed by atoms with E-state index < -0.39 is 0 Å². The second-order valence-corrected chi connectivity index (χ2v) is 5.34. The normalized spacial score (nSPS) is 10.4. The third-order valence-corrected chi connectivity index (χ3v) is 3.96. The van der Waals surface area contributed by atoms with Gasteiger partial charge in [0.25, 0.3) is 0 Å². The van der Waals surface area contributed by atoms with Crippen LogP contribution in [-0.4, -0.2) is 4.98 Å². The molecule has 0 saturated heterocycles. The summed E-state index contributed by atoms with van der Waals surface area (Å²) in [5.41, 5.74) is 0.786. The molecule has 0 saturated carbocycles. The average molecular weight is 367 g/mol. The Bertz CT molecular complexity index is 577. The molecule has 2 nitrogen and oxygen atoms in total. The molecule has 0 atom stereocenters. The van der Waals surface area contributed by atoms with Gasteiger partial charge in [-0.15, -0.1) is 11.6 Å². The fourth-order valence-corrected chi connectivity index (χ4v) is 2.34. The van der Waals surface area contributed by atoms with Crippen LogP contribution in [0.4, 0.5) is 0 Å². The molecular weight excluding hydrogens is 360 g/mol. The van der Waals surface area contributed by atoms with Gasteiger partial charge >= 0.3 is 0 Å². The van der Waals surface area contributed by atoms with Crippen LogP contribution in [0.25, 0.3) is 0 Å². The van der Waals surface area contributed by atoms with E-state index in [2.05, 4.69) is 20.9 Å². The molecule has 94 valence electrons. The second kappa shape index (κ2) is 6.11. The Morgan fingerprint density at radius 1 is 1.22 bits per heavy atom. The average Bonchev–Trinajstić information content (AvgIpc) is 2.36. The molecule has 0 radical (unpaired) electrons. The lowest BCUT2D eigenvalue weighted by molar-refractivity contribution is 0.458. The molecule has 0 aliphatic carbocycles. The minimum atomic E-state index is 0.311. The molecule has 1 heterocycles. The largest absolute Gasteiger partial charge is 0.437 e. The van der Waals surface area contributed by atoms with E-state index >= 15 is 0 Å². The molecule has 2 aromatic rings. The molecule has 0 unspecified atom stereocenters. The number of hydrogen-bond donors (Lipinski definition) is 0. The first-order valence-corrected chi connectivity index (χ1v) is 7.02. The van der Waals surface area contributed by atoms with Gasteiger partial charge in [0, 0.05) is 22.3 Å². The monoisotopic (exact) mass is 365 g/mol. The summed E-state index contributed by atoms with van der Waals surface area (Å²) in [4.78, 5) is 4.12. The lowest BCUT2D eigenvalue weighted by atomic mass is 10.3. The third kappa shape index (κ3) is 3.09. The summed E-state index contributed by atoms with van der Waals surface area (Å²) in [6.07, 6.45) is 1.62. The predicted molar refractivity (Wildman–Crippen MR) is 78.0 cm³/mol. The van der Waals surface area contributed by atoms with Crippen molar-refractivity contribution in [2.75, 3.05) is 0 Å². The van der Waals surface area contributed by atoms with Gasteiger partial charge in [-0.2, -0.15) is 0 Å². The van der Waals surface area contributed by atoms with Crippen molar-refractivity contribution in [3.63, 3.8) is 0 Å². The van der Waals surface area contributed by atoms with Crippen molar-refractivity contribution in [3.8, 4) is 11.6 Å². The summed E-state index contributed by atoms with van der Waals surface area (Å²) in [6.45, 7) is 0. The van der Waals surface area contributed by atoms with Gasteiger partial charge in [-0.1, -0.05) is 29.3 Å². The SMILES string of the molecule is ClCc1cccnc1Oc1cc(Cl)c(Br)cc1Cl. The first-order valence-electron chi connectivity index (χ1n) is 4.94. The molecule has 1 aromatic carbocycles. The number of aromatic nitrogens is 1. The van der Waals surface area contributed by atoms with E-state index in [0.29, 0.717) is 32.0 Å². The Labute approximate surface area is 128 Å². The van der Waals surface area contributed by atoms with Crippen LogP contribution in [0, 0.1) is 0 Å². The molecule has 6 heteroatoms. The summed E-state index contributed by atoms with van der Waals surface area (Å²) in [7, 11) is 0. The molecule has 1 aromatic heterocycles. The van der Waals surface area contributed by atoms with Crippen molar-refractivity contribution >= 4 is 50.7 Å². The zero-order chi connectivity index (χ0) is 13.1. The molecule has 0 aliphatic rings. The number of nitrogens with zero attached hydrogens (tertiary/aromatic N) is 1. The number of alkyl halides is 1. The van der Waals surface area contributed by atoms with Gasteiger partial charge in [0.2, 0.25) is 5.88 Å². The molecule has 18 heavy (non-hydrogen) atoms. The summed E-state index contributed by atoms with van der Waals surface area (Å²) < 4.78 is 6.34. The number of hydrogen-bond acceptors (Lipinski definition) is 2. The lowest BCUT2D eigenvalue weighted by Crippen LogP contribution is -1.93. The Kier molecular flexibility index (Phi) is 4.73. The fourth-order valence-electron chi connectivity index (χ4n) is 1.30. The highest BCUT2D eigenvalue weighted by molar-refractivity contribution is 9.10. The number of pyridine rings is 1. The van der Waals surface area contributed by atoms with Crippen LogP contribution in [0.3, 0.4) is 0 Å². The standard InChI is InChI=1S/C12H7BrCl3NO/c13-8-4-10(16)11(5-9(8)15)18-12-7(6-14)2-1-3-17-12/h1-5H,6H2. The van der Waals surface area contributed by atoms with Gasteiger partial charge in [0.1, 0.15) is 5.75 Å². The number of halogens is 4. The highest BCUT2D eigenvalue weighted by Gasteiger charge is 2.10. The number of rotatable bonds is 3. The Balaban J connectivity index is 2.37. The lowest BCUT2D eigenvalue weighted by Gasteiger charge is -2.10. The van der Waals surface area contributed by atoms with E-state index in [4.69, 9.17) is 39.5 Å². The van der Waals surface area contributed by atoms with E-state index in [1.54, 1.807) is 24.4 Å². The molecule has 2 rings (SSSR count). The summed E-state index contributed by atoms with van der Waals surface area (Å²) in [5.74, 6) is 1.17. The van der Waals surface area contributed by atoms with Crippen molar-refractivity contribution in [2.24, 2.45) is 0 Å². The third-order valence-electron chi connectivity index (χ3n) is 2.18. The maximum atomic E-state index is 6.07. The van der Waals surface area contributed by atoms with Gasteiger partial charge in [0.15, 0.2) is 0 Å². The van der Waals surface area contributed by atoms with Crippen LogP contribution in [-0.2, 0) is 5.88 Å². The Hall–Kier alpha value is -0.480. The highest BCUT2D eigenvalue weighted by Crippen LogP contribution is 2.36. The minimum absolute atomic E-state index is 0.311. The van der Waals surface area contributed by atoms with Crippen LogP contribution in [0.5, 0.6) is 11.6 Å². The van der Waals surface area contributed by atoms with Crippen molar-refractivity contribution in [1.29, 1.82) is 0 Å². The van der Waals surface area contributed by atoms with Crippen LogP contribution < -0.4 is 4.74 Å². The molecule has 0 spiro atoms. The zero-order valence-corrected chi connectivity index (χ0v) is 12.8. The van der Waals surface area contributed by atoms with E-state index in [1.165, 1.54) is 0 Å². The Morgan fingerprint density at radius 2 is 2.00 bits per heavy atom. The molecule has 0 N–H and O–H groups in total. The smallest absolute Gasteiger partial charge is 0.223 e. The van der Waals surface area contributed by atoms with Gasteiger partial charge in [-0.05, 0) is 28.1 Å². The van der Waals surface area contributed by atoms with Crippen molar-refractivity contribution in [2.45, 2.75) is 5.88 Å². The second-order valence-electron chi connectivity index (χ2n) is 3.40. The van der Waals surface area contributed by atoms with Crippen LogP contribution >= 0.6 is 50.7 Å². The van der Waals surface area contributed by atoms with E-state index in [0.717, 1.165) is 5.56 Å². The topological polar surface area (TPSA) is 22.1 Å². The fraction of sp³-hybridized carbons (Fsp3) is 0.0833. The zero-order valence-electron chi connectivity index (χ0n) is 8.96. The van der Waals surface area contributed by atoms with Gasteiger partial charge < -0.3 is 4.74 Å². The molecular formula is C12H7BrCl3NO. The van der Waals surface area contributed by atoms with Gasteiger partial charge in [0.05, 0.1) is 15.9 Å². The number of ether oxygens (including phenoxy) is 1. The van der Waals surface area contributed by atoms with Gasteiger partial charge in [-0.3, -0.25) is 0 Å². The maximum absolute atomic E-state index is 6.07. The van der Waals surface area contributed by atoms with E-state index in [9.17, 15) is 0 Å². The summed E-state index contributed by atoms with van der Waals surface area (Å²) >= 11 is 21.2. The van der Waals surface area contributed by atoms with Crippen molar-refractivity contribution in [3.05, 3.63) is 50.5 Å². The van der Waals surface area contributed by atoms with Crippen LogP contribution in [0.15, 0.2) is 34.9 Å². The van der Waals surface area contributed by atoms with Crippen LogP contribution in [0.1, 0.15) is 5.56 Å². The summed E-state index contributed by atoms with van der Waals surface area (Å²) in [6, 6.07) is 6.92. The minimum Gasteiger partial charge on any atom is -0.437 e. The summed E-state index contributed by atoms with van der Waals surface area (Å²) in [5, 5.41) is 0.954.